The summed E-state index contributed by atoms with van der Waals surface area (Å²) in [4.78, 5) is 4.03. The van der Waals surface area contributed by atoms with Crippen molar-refractivity contribution in [2.24, 2.45) is 0 Å². The molecule has 7 heteroatoms. The molecule has 14 aromatic carbocycles. The third kappa shape index (κ3) is 8.27. The first-order chi connectivity index (χ1) is 43.0. The summed E-state index contributed by atoms with van der Waals surface area (Å²) in [6.45, 7) is 0. The van der Waals surface area contributed by atoms with E-state index in [-0.39, 0.29) is 11.6 Å². The maximum Gasteiger partial charge on any atom is 0.155 e. The first-order valence-corrected chi connectivity index (χ1v) is 29.1. The summed E-state index contributed by atoms with van der Waals surface area (Å²) in [6, 6.07) is 96.6. The quantitative estimate of drug-likeness (QED) is 0.128. The van der Waals surface area contributed by atoms with Gasteiger partial charge >= 0.3 is 0 Å². The Morgan fingerprint density at radius 1 is 0.230 bits per heavy atom. The minimum Gasteiger partial charge on any atom is -0.456 e. The van der Waals surface area contributed by atoms with Crippen LogP contribution in [0, 0.1) is 11.6 Å². The fourth-order valence-electron chi connectivity index (χ4n) is 13.1. The maximum absolute atomic E-state index is 18.2. The number of fused-ring (bicyclic) bond motifs is 14. The molecule has 0 radical (unpaired) electrons. The van der Waals surface area contributed by atoms with Crippen LogP contribution >= 0.6 is 0 Å². The number of rotatable bonds is 10. The Morgan fingerprint density at radius 2 is 0.609 bits per heavy atom. The topological polar surface area (TPSA) is 45.9 Å². The van der Waals surface area contributed by atoms with Crippen molar-refractivity contribution < 1.29 is 22.0 Å². The molecule has 0 aliphatic carbocycles. The molecule has 0 unspecified atom stereocenters. The van der Waals surface area contributed by atoms with E-state index < -0.39 is 0 Å². The lowest BCUT2D eigenvalue weighted by Gasteiger charge is -2.28. The zero-order valence-electron chi connectivity index (χ0n) is 46.6. The summed E-state index contributed by atoms with van der Waals surface area (Å²) < 4.78 is 56.3. The number of para-hydroxylation sites is 2. The molecule has 0 fully saturated rings. The van der Waals surface area contributed by atoms with Crippen LogP contribution in [0.2, 0.25) is 0 Å². The van der Waals surface area contributed by atoms with Crippen molar-refractivity contribution in [3.8, 4) is 44.5 Å². The van der Waals surface area contributed by atoms with Gasteiger partial charge in [-0.1, -0.05) is 182 Å². The van der Waals surface area contributed by atoms with Gasteiger partial charge in [0.15, 0.2) is 11.6 Å². The fourth-order valence-corrected chi connectivity index (χ4v) is 13.1. The second-order valence-electron chi connectivity index (χ2n) is 22.2. The lowest BCUT2D eigenvalue weighted by atomic mass is 9.95. The van der Waals surface area contributed by atoms with Crippen molar-refractivity contribution in [1.29, 1.82) is 0 Å². The number of hydrogen-bond donors (Lipinski definition) is 0. The van der Waals surface area contributed by atoms with Crippen molar-refractivity contribution in [1.82, 2.24) is 0 Å². The minimum absolute atomic E-state index is 0.360. The van der Waals surface area contributed by atoms with Gasteiger partial charge < -0.3 is 23.1 Å². The highest BCUT2D eigenvalue weighted by Gasteiger charge is 2.27. The van der Waals surface area contributed by atoms with Crippen LogP contribution in [0.15, 0.2) is 304 Å². The van der Waals surface area contributed by atoms with Crippen LogP contribution in [0.3, 0.4) is 0 Å². The van der Waals surface area contributed by atoms with E-state index in [9.17, 15) is 0 Å². The molecule has 0 saturated carbocycles. The normalized spacial score (nSPS) is 11.8. The van der Waals surface area contributed by atoms with E-state index in [4.69, 9.17) is 13.3 Å². The van der Waals surface area contributed by atoms with Crippen LogP contribution in [0.1, 0.15) is 0 Å². The lowest BCUT2D eigenvalue weighted by Crippen LogP contribution is -2.12. The molecule has 0 N–H and O–H groups in total. The average Bonchev–Trinajstić information content (AvgIpc) is 2.68. The summed E-state index contributed by atoms with van der Waals surface area (Å²) >= 11 is 0. The molecule has 5 nitrogen and oxygen atoms in total. The van der Waals surface area contributed by atoms with Gasteiger partial charge in [0.25, 0.3) is 0 Å². The van der Waals surface area contributed by atoms with Gasteiger partial charge in [-0.2, -0.15) is 0 Å². The molecule has 0 bridgehead atoms. The van der Waals surface area contributed by atoms with Gasteiger partial charge in [0, 0.05) is 77.6 Å². The fraction of sp³-hybridized carbons (Fsp3) is 0. The molecule has 3 aromatic heterocycles. The van der Waals surface area contributed by atoms with Crippen LogP contribution < -0.4 is 9.80 Å². The summed E-state index contributed by atoms with van der Waals surface area (Å²) in [5.74, 6) is -0.730. The van der Waals surface area contributed by atoms with Crippen molar-refractivity contribution in [2.45, 2.75) is 0 Å². The molecule has 3 heterocycles. The maximum atomic E-state index is 18.2. The van der Waals surface area contributed by atoms with E-state index in [1.54, 1.807) is 0 Å². The molecule has 410 valence electrons. The Morgan fingerprint density at radius 3 is 1.10 bits per heavy atom. The molecule has 0 aliphatic rings. The van der Waals surface area contributed by atoms with Gasteiger partial charge in [-0.15, -0.1) is 0 Å². The molecule has 0 amide bonds. The third-order valence-corrected chi connectivity index (χ3v) is 17.1. The third-order valence-electron chi connectivity index (χ3n) is 17.1. The molecular weight excluding hydrogens is 1070 g/mol. The predicted octanol–water partition coefficient (Wildman–Crippen LogP) is 23.6. The molecular formula is C80H48F2N2O3. The van der Waals surface area contributed by atoms with E-state index >= 15 is 8.78 Å². The standard InChI is InChI=1S/C80H48F2N2O3/c81-78-65(51-23-9-3-10-24-51)41-53(49-19-5-1-6-20-49)43-70(78)83(56-35-39-74-68(46-56)60-28-15-17-31-72(60)85-74)55-33-37-63-67(45-55)59-27-13-14-30-62(59)77-64-38-34-58(48-76(64)87-80(63)77)84(57-36-40-75-69(47-57)61-29-16-18-32-73(61)86-75)71-44-54(50-21-7-2-8-22-50)42-66(79(71)82)52-25-11-4-12-26-52/h1-48H. The highest BCUT2D eigenvalue weighted by atomic mass is 19.1. The predicted molar refractivity (Wildman–Crippen MR) is 354 cm³/mol. The van der Waals surface area contributed by atoms with Crippen molar-refractivity contribution in [3.05, 3.63) is 303 Å². The number of nitrogens with zero attached hydrogens (tertiary/aromatic N) is 2. The second kappa shape index (κ2) is 20.1. The average molecular weight is 1120 g/mol. The molecule has 0 aliphatic heterocycles. The molecule has 0 spiro atoms. The number of benzene rings is 14. The van der Waals surface area contributed by atoms with Crippen molar-refractivity contribution in [2.75, 3.05) is 9.80 Å². The van der Waals surface area contributed by atoms with Crippen LogP contribution in [0.4, 0.5) is 42.9 Å². The number of halogens is 2. The van der Waals surface area contributed by atoms with Gasteiger partial charge in [-0.05, 0) is 153 Å². The van der Waals surface area contributed by atoms with Gasteiger partial charge in [0.1, 0.15) is 33.5 Å². The van der Waals surface area contributed by atoms with Crippen molar-refractivity contribution in [3.63, 3.8) is 0 Å². The summed E-state index contributed by atoms with van der Waals surface area (Å²) in [6.07, 6.45) is 0. The lowest BCUT2D eigenvalue weighted by molar-refractivity contribution is 0.632. The van der Waals surface area contributed by atoms with E-state index in [1.165, 1.54) is 0 Å². The first kappa shape index (κ1) is 50.0. The Balaban J connectivity index is 0.891. The Bertz CT molecular complexity index is 5560. The Labute approximate surface area is 498 Å². The minimum atomic E-state index is -0.370. The zero-order chi connectivity index (χ0) is 57.7. The second-order valence-corrected chi connectivity index (χ2v) is 22.2. The summed E-state index contributed by atoms with van der Waals surface area (Å²) in [7, 11) is 0. The van der Waals surface area contributed by atoms with Crippen LogP contribution in [0.5, 0.6) is 0 Å². The molecule has 17 rings (SSSR count). The number of furan rings is 3. The number of hydrogen-bond acceptors (Lipinski definition) is 5. The van der Waals surface area contributed by atoms with E-state index in [0.717, 1.165) is 127 Å². The molecule has 0 atom stereocenters. The molecule has 0 saturated heterocycles. The highest BCUT2D eigenvalue weighted by molar-refractivity contribution is 6.31. The monoisotopic (exact) mass is 1120 g/mol. The zero-order valence-corrected chi connectivity index (χ0v) is 46.6. The Kier molecular flexibility index (Phi) is 11.5. The van der Waals surface area contributed by atoms with E-state index in [1.807, 2.05) is 198 Å². The van der Waals surface area contributed by atoms with Gasteiger partial charge in [0.2, 0.25) is 0 Å². The summed E-state index contributed by atoms with van der Waals surface area (Å²) in [5, 5.41) is 9.43. The largest absolute Gasteiger partial charge is 0.456 e. The molecule has 87 heavy (non-hydrogen) atoms. The van der Waals surface area contributed by atoms with Crippen LogP contribution in [-0.4, -0.2) is 0 Å². The van der Waals surface area contributed by atoms with E-state index in [2.05, 4.69) is 103 Å². The smallest absolute Gasteiger partial charge is 0.155 e. The highest BCUT2D eigenvalue weighted by Crippen LogP contribution is 2.50. The van der Waals surface area contributed by atoms with Gasteiger partial charge in [0.05, 0.1) is 11.4 Å². The van der Waals surface area contributed by atoms with Crippen LogP contribution in [-0.2, 0) is 0 Å². The molecule has 17 aromatic rings. The SMILES string of the molecule is Fc1c(-c2ccccc2)cc(-c2ccccc2)cc1N(c1ccc2c(c1)oc1c3ccc(N(c4ccc5oc6ccccc6c5c4)c4cc(-c5ccccc5)cc(-c5ccccc5)c4F)cc3c3ccccc3c21)c1ccc2oc3ccccc3c2c1. The summed E-state index contributed by atoms with van der Waals surface area (Å²) in [5.41, 5.74) is 14.2. The number of anilines is 6. The first-order valence-electron chi connectivity index (χ1n) is 29.1. The van der Waals surface area contributed by atoms with Gasteiger partial charge in [-0.25, -0.2) is 8.78 Å². The Hall–Kier alpha value is -11.5. The van der Waals surface area contributed by atoms with E-state index in [0.29, 0.717) is 39.4 Å². The van der Waals surface area contributed by atoms with Crippen LogP contribution in [0.25, 0.3) is 132 Å². The van der Waals surface area contributed by atoms with Gasteiger partial charge in [-0.3, -0.25) is 0 Å². The van der Waals surface area contributed by atoms with Crippen molar-refractivity contribution >= 4 is 121 Å².